The summed E-state index contributed by atoms with van der Waals surface area (Å²) in [5.74, 6) is 1.52. The fourth-order valence-corrected chi connectivity index (χ4v) is 3.70. The third-order valence-electron chi connectivity index (χ3n) is 4.13. The number of piperidine rings is 1. The number of fused-ring (bicyclic) bond motifs is 1. The fourth-order valence-electron chi connectivity index (χ4n) is 3.15. The average Bonchev–Trinajstić information content (AvgIpc) is 2.78. The summed E-state index contributed by atoms with van der Waals surface area (Å²) in [4.78, 5) is 18.4. The molecule has 3 heterocycles. The summed E-state index contributed by atoms with van der Waals surface area (Å²) < 4.78 is 0. The molecule has 0 aliphatic carbocycles. The molecule has 2 aliphatic rings. The Bertz CT molecular complexity index is 406. The van der Waals surface area contributed by atoms with Crippen LogP contribution < -0.4 is 5.32 Å². The highest BCUT2D eigenvalue weighted by atomic mass is 32.1. The number of rotatable bonds is 2. The van der Waals surface area contributed by atoms with Gasteiger partial charge in [-0.25, -0.2) is 4.98 Å². The first-order valence-electron chi connectivity index (χ1n) is 6.67. The van der Waals surface area contributed by atoms with Gasteiger partial charge in [0.1, 0.15) is 0 Å². The van der Waals surface area contributed by atoms with Crippen molar-refractivity contribution in [1.29, 1.82) is 0 Å². The normalized spacial score (nSPS) is 29.4. The Labute approximate surface area is 111 Å². The fraction of sp³-hybridized carbons (Fsp3) is 0.692. The molecule has 3 rings (SSSR count). The van der Waals surface area contributed by atoms with Crippen LogP contribution in [0, 0.1) is 11.8 Å². The van der Waals surface area contributed by atoms with Gasteiger partial charge < -0.3 is 5.32 Å². The van der Waals surface area contributed by atoms with E-state index in [1.54, 1.807) is 11.3 Å². The second-order valence-corrected chi connectivity index (χ2v) is 6.09. The van der Waals surface area contributed by atoms with Crippen LogP contribution in [0.15, 0.2) is 10.9 Å². The highest BCUT2D eigenvalue weighted by Crippen LogP contribution is 2.30. The van der Waals surface area contributed by atoms with Crippen molar-refractivity contribution in [2.75, 3.05) is 19.6 Å². The Morgan fingerprint density at radius 2 is 2.39 bits per heavy atom. The van der Waals surface area contributed by atoms with Crippen LogP contribution in [0.2, 0.25) is 0 Å². The van der Waals surface area contributed by atoms with Gasteiger partial charge in [-0.2, -0.15) is 0 Å². The molecule has 4 nitrogen and oxygen atoms in total. The summed E-state index contributed by atoms with van der Waals surface area (Å²) >= 11 is 1.66. The maximum atomic E-state index is 11.5. The van der Waals surface area contributed by atoms with Crippen LogP contribution in [-0.4, -0.2) is 35.4 Å². The van der Waals surface area contributed by atoms with E-state index in [0.717, 1.165) is 45.4 Å². The Morgan fingerprint density at radius 3 is 3.22 bits per heavy atom. The Kier molecular flexibility index (Phi) is 3.61. The van der Waals surface area contributed by atoms with E-state index in [1.807, 2.05) is 5.51 Å². The molecular weight excluding hydrogens is 246 g/mol. The Morgan fingerprint density at radius 1 is 1.44 bits per heavy atom. The van der Waals surface area contributed by atoms with E-state index in [1.165, 1.54) is 5.69 Å². The molecule has 0 aromatic carbocycles. The number of nitrogens with one attached hydrogen (secondary N) is 1. The van der Waals surface area contributed by atoms with Gasteiger partial charge in [-0.3, -0.25) is 9.69 Å². The molecule has 2 fully saturated rings. The molecule has 2 atom stereocenters. The first-order chi connectivity index (χ1) is 8.81. The summed E-state index contributed by atoms with van der Waals surface area (Å²) in [6.45, 7) is 4.04. The number of aromatic nitrogens is 1. The topological polar surface area (TPSA) is 45.2 Å². The summed E-state index contributed by atoms with van der Waals surface area (Å²) in [6, 6.07) is 0. The van der Waals surface area contributed by atoms with Crippen LogP contribution in [0.5, 0.6) is 0 Å². The molecule has 1 aromatic rings. The predicted octanol–water partition coefficient (Wildman–Crippen LogP) is 1.49. The average molecular weight is 265 g/mol. The van der Waals surface area contributed by atoms with E-state index in [-0.39, 0.29) is 5.91 Å². The molecular formula is C13H19N3OS. The van der Waals surface area contributed by atoms with Crippen molar-refractivity contribution in [1.82, 2.24) is 15.2 Å². The quantitative estimate of drug-likeness (QED) is 0.881. The van der Waals surface area contributed by atoms with E-state index in [0.29, 0.717) is 11.8 Å². The molecule has 5 heteroatoms. The van der Waals surface area contributed by atoms with E-state index in [4.69, 9.17) is 0 Å². The molecule has 18 heavy (non-hydrogen) atoms. The van der Waals surface area contributed by atoms with Gasteiger partial charge in [0.15, 0.2) is 0 Å². The van der Waals surface area contributed by atoms with E-state index < -0.39 is 0 Å². The molecule has 1 aromatic heterocycles. The van der Waals surface area contributed by atoms with E-state index in [9.17, 15) is 4.79 Å². The summed E-state index contributed by atoms with van der Waals surface area (Å²) in [5, 5.41) is 5.12. The highest BCUT2D eigenvalue weighted by molar-refractivity contribution is 7.07. The number of thiazole rings is 1. The number of amides is 1. The SMILES string of the molecule is O=C1CC2CCN(Cc3cscn3)CC2CCN1. The van der Waals surface area contributed by atoms with Crippen molar-refractivity contribution < 1.29 is 4.79 Å². The zero-order valence-electron chi connectivity index (χ0n) is 10.5. The van der Waals surface area contributed by atoms with Gasteiger partial charge >= 0.3 is 0 Å². The maximum absolute atomic E-state index is 11.5. The number of hydrogen-bond acceptors (Lipinski definition) is 4. The molecule has 0 radical (unpaired) electrons. The van der Waals surface area contributed by atoms with Crippen LogP contribution in [0.4, 0.5) is 0 Å². The Hall–Kier alpha value is -0.940. The van der Waals surface area contributed by atoms with Gasteiger partial charge in [0.25, 0.3) is 0 Å². The minimum absolute atomic E-state index is 0.246. The third kappa shape index (κ3) is 2.72. The summed E-state index contributed by atoms with van der Waals surface area (Å²) in [5.41, 5.74) is 3.08. The van der Waals surface area contributed by atoms with Crippen LogP contribution in [0.1, 0.15) is 25.0 Å². The molecule has 2 unspecified atom stereocenters. The van der Waals surface area contributed by atoms with Crippen molar-refractivity contribution in [3.8, 4) is 0 Å². The van der Waals surface area contributed by atoms with Crippen molar-refractivity contribution >= 4 is 17.2 Å². The first-order valence-corrected chi connectivity index (χ1v) is 7.61. The van der Waals surface area contributed by atoms with E-state index in [2.05, 4.69) is 20.6 Å². The van der Waals surface area contributed by atoms with Gasteiger partial charge in [-0.15, -0.1) is 11.3 Å². The lowest BCUT2D eigenvalue weighted by Crippen LogP contribution is -2.40. The number of carbonyl (C=O) groups excluding carboxylic acids is 1. The maximum Gasteiger partial charge on any atom is 0.220 e. The predicted molar refractivity (Wildman–Crippen MR) is 71.2 cm³/mol. The van der Waals surface area contributed by atoms with Gasteiger partial charge in [0.05, 0.1) is 11.2 Å². The van der Waals surface area contributed by atoms with Gasteiger partial charge in [-0.05, 0) is 31.2 Å². The Balaban J connectivity index is 1.60. The standard InChI is InChI=1S/C13H19N3OS/c17-13-5-10-2-4-16(6-11(10)1-3-14-13)7-12-8-18-9-15-12/h8-11H,1-7H2,(H,14,17). The minimum Gasteiger partial charge on any atom is -0.356 e. The third-order valence-corrected chi connectivity index (χ3v) is 4.76. The van der Waals surface area contributed by atoms with Crippen molar-refractivity contribution in [2.45, 2.75) is 25.8 Å². The van der Waals surface area contributed by atoms with Crippen molar-refractivity contribution in [3.63, 3.8) is 0 Å². The number of hydrogen-bond donors (Lipinski definition) is 1. The van der Waals surface area contributed by atoms with E-state index >= 15 is 0 Å². The summed E-state index contributed by atoms with van der Waals surface area (Å²) in [7, 11) is 0. The van der Waals surface area contributed by atoms with Crippen LogP contribution in [-0.2, 0) is 11.3 Å². The molecule has 2 saturated heterocycles. The number of likely N-dealkylation sites (tertiary alicyclic amines) is 1. The van der Waals surface area contributed by atoms with Crippen molar-refractivity contribution in [3.05, 3.63) is 16.6 Å². The largest absolute Gasteiger partial charge is 0.356 e. The highest BCUT2D eigenvalue weighted by Gasteiger charge is 2.32. The molecule has 0 spiro atoms. The van der Waals surface area contributed by atoms with Gasteiger partial charge in [0.2, 0.25) is 5.91 Å². The van der Waals surface area contributed by atoms with Gasteiger partial charge in [-0.1, -0.05) is 0 Å². The molecule has 98 valence electrons. The molecule has 1 N–H and O–H groups in total. The summed E-state index contributed by atoms with van der Waals surface area (Å²) in [6.07, 6.45) is 3.02. The zero-order chi connectivity index (χ0) is 12.4. The van der Waals surface area contributed by atoms with Crippen LogP contribution in [0.3, 0.4) is 0 Å². The lowest BCUT2D eigenvalue weighted by Gasteiger charge is -2.37. The minimum atomic E-state index is 0.246. The number of nitrogens with zero attached hydrogens (tertiary/aromatic N) is 2. The molecule has 0 bridgehead atoms. The molecule has 1 amide bonds. The first kappa shape index (κ1) is 12.1. The number of carbonyl (C=O) groups is 1. The smallest absolute Gasteiger partial charge is 0.220 e. The van der Waals surface area contributed by atoms with Gasteiger partial charge in [0, 0.05) is 31.4 Å². The van der Waals surface area contributed by atoms with Crippen LogP contribution >= 0.6 is 11.3 Å². The second kappa shape index (κ2) is 5.36. The second-order valence-electron chi connectivity index (χ2n) is 5.37. The van der Waals surface area contributed by atoms with Crippen LogP contribution in [0.25, 0.3) is 0 Å². The lowest BCUT2D eigenvalue weighted by atomic mass is 9.82. The zero-order valence-corrected chi connectivity index (χ0v) is 11.3. The monoisotopic (exact) mass is 265 g/mol. The molecule has 0 saturated carbocycles. The molecule has 2 aliphatic heterocycles. The lowest BCUT2D eigenvalue weighted by molar-refractivity contribution is -0.121. The van der Waals surface area contributed by atoms with Crippen molar-refractivity contribution in [2.24, 2.45) is 11.8 Å².